The highest BCUT2D eigenvalue weighted by Gasteiger charge is 2.33. The summed E-state index contributed by atoms with van der Waals surface area (Å²) < 4.78 is 6.09. The minimum absolute atomic E-state index is 0.0548. The van der Waals surface area contributed by atoms with E-state index in [0.717, 1.165) is 5.56 Å². The summed E-state index contributed by atoms with van der Waals surface area (Å²) in [6.07, 6.45) is 5.47. The molecule has 1 aliphatic rings. The Balaban J connectivity index is 1.99. The molecule has 0 spiro atoms. The molecular formula is C26H32N2O3. The Morgan fingerprint density at radius 3 is 2.32 bits per heavy atom. The maximum atomic E-state index is 13.4. The molecular weight excluding hydrogens is 388 g/mol. The van der Waals surface area contributed by atoms with Gasteiger partial charge >= 0.3 is 0 Å². The van der Waals surface area contributed by atoms with Crippen molar-refractivity contribution >= 4 is 11.8 Å². The molecule has 0 fully saturated rings. The first-order valence-electron chi connectivity index (χ1n) is 10.9. The van der Waals surface area contributed by atoms with Gasteiger partial charge in [0.25, 0.3) is 5.91 Å². The lowest BCUT2D eigenvalue weighted by Gasteiger charge is -2.32. The molecule has 1 N–H and O–H groups in total. The molecule has 0 saturated carbocycles. The third-order valence-corrected chi connectivity index (χ3v) is 5.61. The minimum atomic E-state index is -0.601. The number of fused-ring (bicyclic) bond motifs is 1. The van der Waals surface area contributed by atoms with Gasteiger partial charge in [0.15, 0.2) is 0 Å². The quantitative estimate of drug-likeness (QED) is 0.713. The fraction of sp³-hybridized carbons (Fsp3) is 0.385. The highest BCUT2D eigenvalue weighted by atomic mass is 16.5. The molecule has 5 heteroatoms. The van der Waals surface area contributed by atoms with Gasteiger partial charge in [-0.25, -0.2) is 0 Å². The van der Waals surface area contributed by atoms with Crippen molar-refractivity contribution in [3.05, 3.63) is 77.9 Å². The van der Waals surface area contributed by atoms with Crippen LogP contribution in [0.5, 0.6) is 5.75 Å². The first-order valence-corrected chi connectivity index (χ1v) is 10.9. The molecule has 2 aromatic rings. The lowest BCUT2D eigenvalue weighted by molar-refractivity contribution is -0.127. The first-order chi connectivity index (χ1) is 14.9. The summed E-state index contributed by atoms with van der Waals surface area (Å²) in [6, 6.07) is 16.4. The van der Waals surface area contributed by atoms with E-state index in [1.165, 1.54) is 4.90 Å². The van der Waals surface area contributed by atoms with Crippen molar-refractivity contribution in [1.82, 2.24) is 10.2 Å². The van der Waals surface area contributed by atoms with Crippen molar-refractivity contribution in [2.24, 2.45) is 5.92 Å². The van der Waals surface area contributed by atoms with Crippen LogP contribution in [0.1, 0.15) is 55.6 Å². The number of nitrogens with one attached hydrogen (secondary N) is 1. The van der Waals surface area contributed by atoms with E-state index >= 15 is 0 Å². The molecule has 0 radical (unpaired) electrons. The summed E-state index contributed by atoms with van der Waals surface area (Å²) >= 11 is 0. The van der Waals surface area contributed by atoms with Gasteiger partial charge in [0.2, 0.25) is 5.91 Å². The third kappa shape index (κ3) is 5.54. The average molecular weight is 421 g/mol. The van der Waals surface area contributed by atoms with Gasteiger partial charge in [0.1, 0.15) is 11.8 Å². The van der Waals surface area contributed by atoms with Crippen LogP contribution in [-0.4, -0.2) is 35.9 Å². The number of para-hydroxylation sites is 1. The van der Waals surface area contributed by atoms with Crippen LogP contribution < -0.4 is 10.1 Å². The van der Waals surface area contributed by atoms with Crippen molar-refractivity contribution in [2.75, 3.05) is 7.05 Å². The summed E-state index contributed by atoms with van der Waals surface area (Å²) in [7, 11) is 1.69. The van der Waals surface area contributed by atoms with Gasteiger partial charge in [-0.15, -0.1) is 0 Å². The van der Waals surface area contributed by atoms with Crippen LogP contribution in [0.25, 0.3) is 0 Å². The highest BCUT2D eigenvalue weighted by molar-refractivity contribution is 5.99. The van der Waals surface area contributed by atoms with E-state index in [4.69, 9.17) is 4.74 Å². The molecule has 0 aliphatic carbocycles. The molecule has 5 nitrogen and oxygen atoms in total. The predicted octanol–water partition coefficient (Wildman–Crippen LogP) is 4.76. The van der Waals surface area contributed by atoms with Crippen molar-refractivity contribution < 1.29 is 14.3 Å². The molecule has 0 bridgehead atoms. The number of hydrogen-bond acceptors (Lipinski definition) is 3. The summed E-state index contributed by atoms with van der Waals surface area (Å²) in [5.74, 6) is 0.112. The molecule has 0 saturated heterocycles. The zero-order valence-electron chi connectivity index (χ0n) is 18.7. The van der Waals surface area contributed by atoms with Crippen LogP contribution in [-0.2, 0) is 4.79 Å². The van der Waals surface area contributed by atoms with Crippen LogP contribution in [0, 0.1) is 5.92 Å². The van der Waals surface area contributed by atoms with E-state index in [1.54, 1.807) is 13.1 Å². The Hall–Kier alpha value is -3.08. The number of carbonyl (C=O) groups is 2. The van der Waals surface area contributed by atoms with Gasteiger partial charge in [0, 0.05) is 13.5 Å². The molecule has 3 atom stereocenters. The van der Waals surface area contributed by atoms with E-state index in [1.807, 2.05) is 69.3 Å². The molecule has 2 aromatic carbocycles. The van der Waals surface area contributed by atoms with Crippen molar-refractivity contribution in [3.8, 4) is 5.75 Å². The topological polar surface area (TPSA) is 58.6 Å². The summed E-state index contributed by atoms with van der Waals surface area (Å²) in [6.45, 7) is 5.91. The Morgan fingerprint density at radius 1 is 0.968 bits per heavy atom. The molecule has 164 valence electrons. The second-order valence-electron chi connectivity index (χ2n) is 8.44. The molecule has 1 heterocycles. The van der Waals surface area contributed by atoms with Gasteiger partial charge in [-0.3, -0.25) is 9.59 Å². The molecule has 31 heavy (non-hydrogen) atoms. The summed E-state index contributed by atoms with van der Waals surface area (Å²) in [4.78, 5) is 28.3. The molecule has 1 aliphatic heterocycles. The van der Waals surface area contributed by atoms with Crippen LogP contribution in [0.2, 0.25) is 0 Å². The second kappa shape index (κ2) is 10.3. The third-order valence-electron chi connectivity index (χ3n) is 5.61. The van der Waals surface area contributed by atoms with Crippen LogP contribution >= 0.6 is 0 Å². The zero-order valence-corrected chi connectivity index (χ0v) is 18.7. The zero-order chi connectivity index (χ0) is 22.4. The van der Waals surface area contributed by atoms with Crippen molar-refractivity contribution in [2.45, 2.75) is 51.8 Å². The number of nitrogens with zero attached hydrogens (tertiary/aromatic N) is 1. The highest BCUT2D eigenvalue weighted by Crippen LogP contribution is 2.25. The Labute approximate surface area is 185 Å². The Kier molecular flexibility index (Phi) is 7.50. The number of ether oxygens (including phenoxy) is 1. The van der Waals surface area contributed by atoms with Crippen LogP contribution in [0.4, 0.5) is 0 Å². The second-order valence-corrected chi connectivity index (χ2v) is 8.44. The number of likely N-dealkylation sites (N-methyl/N-ethyl adjacent to an activating group) is 1. The van der Waals surface area contributed by atoms with E-state index in [9.17, 15) is 9.59 Å². The largest absolute Gasteiger partial charge is 0.490 e. The smallest absolute Gasteiger partial charge is 0.258 e. The van der Waals surface area contributed by atoms with Gasteiger partial charge in [-0.2, -0.15) is 0 Å². The molecule has 0 aromatic heterocycles. The van der Waals surface area contributed by atoms with E-state index in [-0.39, 0.29) is 29.9 Å². The number of carbonyl (C=O) groups excluding carboxylic acids is 2. The van der Waals surface area contributed by atoms with E-state index < -0.39 is 6.04 Å². The van der Waals surface area contributed by atoms with E-state index in [2.05, 4.69) is 17.5 Å². The van der Waals surface area contributed by atoms with Gasteiger partial charge in [-0.1, -0.05) is 68.5 Å². The standard InChI is InChI=1S/C26H32N2O3/c1-18(2)24-25(29)27-22(20-13-6-5-7-14-20)16-10-8-12-19(3)31-23-17-11-9-15-21(23)26(30)28(24)4/h5-11,13-15,17-19,22,24H,12,16H2,1-4H3,(H,27,29)/b10-8+/t19-,22-,24+/m0/s1. The number of hydrogen-bond donors (Lipinski definition) is 1. The summed E-state index contributed by atoms with van der Waals surface area (Å²) in [5.41, 5.74) is 1.51. The maximum Gasteiger partial charge on any atom is 0.258 e. The maximum absolute atomic E-state index is 13.4. The lowest BCUT2D eigenvalue weighted by atomic mass is 9.98. The minimum Gasteiger partial charge on any atom is -0.490 e. The fourth-order valence-electron chi connectivity index (χ4n) is 3.99. The number of amides is 2. The van der Waals surface area contributed by atoms with Crippen LogP contribution in [0.3, 0.4) is 0 Å². The monoisotopic (exact) mass is 420 g/mol. The van der Waals surface area contributed by atoms with Crippen LogP contribution in [0.15, 0.2) is 66.7 Å². The van der Waals surface area contributed by atoms with Gasteiger partial charge < -0.3 is 15.0 Å². The SMILES string of the molecule is CC(C)[C@@H]1C(=O)N[C@H](c2ccccc2)C/C=C/C[C@H](C)Oc2ccccc2C(=O)N1C. The van der Waals surface area contributed by atoms with E-state index in [0.29, 0.717) is 24.2 Å². The molecule has 3 rings (SSSR count). The first kappa shape index (κ1) is 22.6. The molecule has 0 unspecified atom stereocenters. The fourth-order valence-corrected chi connectivity index (χ4v) is 3.99. The Morgan fingerprint density at radius 2 is 1.61 bits per heavy atom. The number of benzene rings is 2. The normalized spacial score (nSPS) is 24.0. The Bertz CT molecular complexity index is 923. The predicted molar refractivity (Wildman–Crippen MR) is 123 cm³/mol. The summed E-state index contributed by atoms with van der Waals surface area (Å²) in [5, 5.41) is 3.19. The lowest BCUT2D eigenvalue weighted by Crippen LogP contribution is -2.51. The molecule has 2 amide bonds. The number of rotatable bonds is 2. The van der Waals surface area contributed by atoms with Crippen molar-refractivity contribution in [1.29, 1.82) is 0 Å². The average Bonchev–Trinajstić information content (AvgIpc) is 2.75. The van der Waals surface area contributed by atoms with Gasteiger partial charge in [0.05, 0.1) is 17.7 Å². The van der Waals surface area contributed by atoms with Crippen molar-refractivity contribution in [3.63, 3.8) is 0 Å². The van der Waals surface area contributed by atoms with Gasteiger partial charge in [-0.05, 0) is 37.0 Å².